The van der Waals surface area contributed by atoms with Crippen LogP contribution < -0.4 is 10.5 Å². The van der Waals surface area contributed by atoms with Crippen molar-refractivity contribution in [1.29, 1.82) is 0 Å². The Labute approximate surface area is 123 Å². The number of methoxy groups -OCH3 is 1. The summed E-state index contributed by atoms with van der Waals surface area (Å²) in [6.07, 6.45) is 4.66. The standard InChI is InChI=1S/C18H29NO/c1-12(2)15-7-6-10-18(19,11-15)16-9-8-13(3)14(4)17(16)20-5/h8-9,12,15H,6-7,10-11,19H2,1-5H3. The maximum absolute atomic E-state index is 6.82. The predicted octanol–water partition coefficient (Wildman–Crippen LogP) is 4.31. The first-order valence-electron chi connectivity index (χ1n) is 7.82. The van der Waals surface area contributed by atoms with Gasteiger partial charge in [0, 0.05) is 11.1 Å². The highest BCUT2D eigenvalue weighted by molar-refractivity contribution is 5.48. The van der Waals surface area contributed by atoms with E-state index in [4.69, 9.17) is 10.5 Å². The van der Waals surface area contributed by atoms with Gasteiger partial charge in [-0.25, -0.2) is 0 Å². The SMILES string of the molecule is COc1c(C2(N)CCCC(C(C)C)C2)ccc(C)c1C. The summed E-state index contributed by atoms with van der Waals surface area (Å²) in [6.45, 7) is 8.88. The summed E-state index contributed by atoms with van der Waals surface area (Å²) < 4.78 is 5.69. The van der Waals surface area contributed by atoms with E-state index in [9.17, 15) is 0 Å². The van der Waals surface area contributed by atoms with Crippen LogP contribution >= 0.6 is 0 Å². The van der Waals surface area contributed by atoms with Gasteiger partial charge in [-0.15, -0.1) is 0 Å². The largest absolute Gasteiger partial charge is 0.496 e. The molecule has 0 heterocycles. The lowest BCUT2D eigenvalue weighted by Crippen LogP contribution is -2.42. The first kappa shape index (κ1) is 15.4. The Morgan fingerprint density at radius 3 is 2.60 bits per heavy atom. The molecule has 2 rings (SSSR count). The van der Waals surface area contributed by atoms with Crippen molar-refractivity contribution in [2.75, 3.05) is 7.11 Å². The number of rotatable bonds is 3. The van der Waals surface area contributed by atoms with Crippen LogP contribution in [0.25, 0.3) is 0 Å². The molecule has 0 amide bonds. The molecule has 2 N–H and O–H groups in total. The topological polar surface area (TPSA) is 35.2 Å². The average molecular weight is 275 g/mol. The fourth-order valence-electron chi connectivity index (χ4n) is 3.61. The van der Waals surface area contributed by atoms with Crippen LogP contribution in [0.15, 0.2) is 12.1 Å². The van der Waals surface area contributed by atoms with Gasteiger partial charge in [0.25, 0.3) is 0 Å². The number of nitrogens with two attached hydrogens (primary N) is 1. The van der Waals surface area contributed by atoms with E-state index in [0.717, 1.165) is 24.5 Å². The Balaban J connectivity index is 2.41. The molecule has 2 atom stereocenters. The molecule has 0 aromatic heterocycles. The molecule has 2 unspecified atom stereocenters. The summed E-state index contributed by atoms with van der Waals surface area (Å²) in [7, 11) is 1.76. The van der Waals surface area contributed by atoms with E-state index < -0.39 is 0 Å². The maximum Gasteiger partial charge on any atom is 0.127 e. The molecule has 20 heavy (non-hydrogen) atoms. The minimum absolute atomic E-state index is 0.225. The van der Waals surface area contributed by atoms with Crippen LogP contribution in [0.3, 0.4) is 0 Å². The Bertz CT molecular complexity index is 481. The van der Waals surface area contributed by atoms with Crippen molar-refractivity contribution in [3.8, 4) is 5.75 Å². The smallest absolute Gasteiger partial charge is 0.127 e. The van der Waals surface area contributed by atoms with Gasteiger partial charge in [0.1, 0.15) is 5.75 Å². The summed E-state index contributed by atoms with van der Waals surface area (Å²) in [4.78, 5) is 0. The van der Waals surface area contributed by atoms with E-state index in [0.29, 0.717) is 5.92 Å². The summed E-state index contributed by atoms with van der Waals surface area (Å²) >= 11 is 0. The second kappa shape index (κ2) is 5.77. The summed E-state index contributed by atoms with van der Waals surface area (Å²) in [6, 6.07) is 4.37. The second-order valence-corrected chi connectivity index (χ2v) is 6.84. The molecule has 0 bridgehead atoms. The van der Waals surface area contributed by atoms with Gasteiger partial charge in [0.15, 0.2) is 0 Å². The van der Waals surface area contributed by atoms with E-state index in [1.807, 2.05) is 0 Å². The van der Waals surface area contributed by atoms with Gasteiger partial charge >= 0.3 is 0 Å². The van der Waals surface area contributed by atoms with Crippen molar-refractivity contribution in [2.45, 2.75) is 58.9 Å². The van der Waals surface area contributed by atoms with E-state index in [1.165, 1.54) is 29.5 Å². The van der Waals surface area contributed by atoms with E-state index in [2.05, 4.69) is 39.8 Å². The van der Waals surface area contributed by atoms with Crippen LogP contribution in [-0.4, -0.2) is 7.11 Å². The Morgan fingerprint density at radius 2 is 2.00 bits per heavy atom. The number of benzene rings is 1. The van der Waals surface area contributed by atoms with Crippen LogP contribution in [0, 0.1) is 25.7 Å². The molecule has 1 saturated carbocycles. The monoisotopic (exact) mass is 275 g/mol. The molecular weight excluding hydrogens is 246 g/mol. The zero-order chi connectivity index (χ0) is 14.9. The number of hydrogen-bond acceptors (Lipinski definition) is 2. The Morgan fingerprint density at radius 1 is 1.30 bits per heavy atom. The predicted molar refractivity (Wildman–Crippen MR) is 85.1 cm³/mol. The van der Waals surface area contributed by atoms with Crippen molar-refractivity contribution in [3.63, 3.8) is 0 Å². The maximum atomic E-state index is 6.82. The Hall–Kier alpha value is -1.02. The fourth-order valence-corrected chi connectivity index (χ4v) is 3.61. The van der Waals surface area contributed by atoms with Gasteiger partial charge in [-0.3, -0.25) is 0 Å². The third-order valence-electron chi connectivity index (χ3n) is 5.18. The normalized spacial score (nSPS) is 26.9. The van der Waals surface area contributed by atoms with Crippen molar-refractivity contribution < 1.29 is 4.74 Å². The molecule has 1 aromatic carbocycles. The molecule has 112 valence electrons. The molecule has 2 heteroatoms. The van der Waals surface area contributed by atoms with Crippen LogP contribution in [-0.2, 0) is 5.54 Å². The first-order valence-corrected chi connectivity index (χ1v) is 7.82. The highest BCUT2D eigenvalue weighted by Crippen LogP contribution is 2.44. The molecule has 1 aliphatic carbocycles. The molecule has 2 nitrogen and oxygen atoms in total. The Kier molecular flexibility index (Phi) is 4.43. The highest BCUT2D eigenvalue weighted by Gasteiger charge is 2.37. The number of ether oxygens (including phenoxy) is 1. The average Bonchev–Trinajstić information content (AvgIpc) is 2.41. The lowest BCUT2D eigenvalue weighted by Gasteiger charge is -2.41. The third-order valence-corrected chi connectivity index (χ3v) is 5.18. The summed E-state index contributed by atoms with van der Waals surface area (Å²) in [5, 5.41) is 0. The van der Waals surface area contributed by atoms with Gasteiger partial charge in [-0.05, 0) is 49.7 Å². The van der Waals surface area contributed by atoms with E-state index >= 15 is 0 Å². The lowest BCUT2D eigenvalue weighted by molar-refractivity contribution is 0.180. The minimum atomic E-state index is -0.225. The molecule has 1 aromatic rings. The first-order chi connectivity index (χ1) is 9.39. The highest BCUT2D eigenvalue weighted by atomic mass is 16.5. The zero-order valence-corrected chi connectivity index (χ0v) is 13.6. The second-order valence-electron chi connectivity index (χ2n) is 6.84. The van der Waals surface area contributed by atoms with Gasteiger partial charge < -0.3 is 10.5 Å². The summed E-state index contributed by atoms with van der Waals surface area (Å²) in [5.41, 5.74) is 10.3. The van der Waals surface area contributed by atoms with Crippen LogP contribution in [0.4, 0.5) is 0 Å². The molecule has 0 saturated heterocycles. The number of aryl methyl sites for hydroxylation is 1. The van der Waals surface area contributed by atoms with Crippen molar-refractivity contribution in [2.24, 2.45) is 17.6 Å². The van der Waals surface area contributed by atoms with Gasteiger partial charge in [-0.2, -0.15) is 0 Å². The van der Waals surface area contributed by atoms with Gasteiger partial charge in [0.05, 0.1) is 7.11 Å². The van der Waals surface area contributed by atoms with Crippen LogP contribution in [0.1, 0.15) is 56.2 Å². The molecule has 0 radical (unpaired) electrons. The van der Waals surface area contributed by atoms with Crippen molar-refractivity contribution >= 4 is 0 Å². The van der Waals surface area contributed by atoms with Gasteiger partial charge in [-0.1, -0.05) is 38.8 Å². The van der Waals surface area contributed by atoms with Crippen LogP contribution in [0.2, 0.25) is 0 Å². The van der Waals surface area contributed by atoms with Crippen LogP contribution in [0.5, 0.6) is 5.75 Å². The fraction of sp³-hybridized carbons (Fsp3) is 0.667. The molecule has 0 spiro atoms. The van der Waals surface area contributed by atoms with Gasteiger partial charge in [0.2, 0.25) is 0 Å². The molecule has 1 aliphatic rings. The molecule has 0 aliphatic heterocycles. The van der Waals surface area contributed by atoms with E-state index in [1.54, 1.807) is 7.11 Å². The van der Waals surface area contributed by atoms with Crippen molar-refractivity contribution in [3.05, 3.63) is 28.8 Å². The summed E-state index contributed by atoms with van der Waals surface area (Å²) in [5.74, 6) is 2.42. The molecule has 1 fully saturated rings. The van der Waals surface area contributed by atoms with E-state index in [-0.39, 0.29) is 5.54 Å². The quantitative estimate of drug-likeness (QED) is 0.892. The van der Waals surface area contributed by atoms with Crippen molar-refractivity contribution in [1.82, 2.24) is 0 Å². The molecular formula is C18H29NO. The zero-order valence-electron chi connectivity index (χ0n) is 13.6. The number of hydrogen-bond donors (Lipinski definition) is 1. The lowest BCUT2D eigenvalue weighted by atomic mass is 9.69. The third kappa shape index (κ3) is 2.71. The minimum Gasteiger partial charge on any atom is -0.496 e.